The molecule has 0 aromatic carbocycles. The van der Waals surface area contributed by atoms with Crippen molar-refractivity contribution in [3.8, 4) is 0 Å². The zero-order valence-corrected chi connectivity index (χ0v) is 11.0. The van der Waals surface area contributed by atoms with Crippen LogP contribution in [-0.2, 0) is 16.6 Å². The molecule has 0 aliphatic carbocycles. The molecule has 0 unspecified atom stereocenters. The van der Waals surface area contributed by atoms with E-state index in [-0.39, 0.29) is 23.9 Å². The van der Waals surface area contributed by atoms with E-state index in [1.165, 1.54) is 4.57 Å². The Labute approximate surface area is 106 Å². The number of carbonyl (C=O) groups is 1. The number of hydrogen-bond acceptors (Lipinski definition) is 5. The highest BCUT2D eigenvalue weighted by Crippen LogP contribution is 2.04. The molecule has 0 bridgehead atoms. The van der Waals surface area contributed by atoms with Crippen molar-refractivity contribution in [2.75, 3.05) is 24.6 Å². The molecule has 0 saturated heterocycles. The minimum absolute atomic E-state index is 0.0495. The van der Waals surface area contributed by atoms with Crippen LogP contribution < -0.4 is 10.5 Å². The number of aromatic nitrogens is 2. The molecular formula is C12H19N3O3. The molecule has 6 nitrogen and oxygen atoms in total. The topological polar surface area (TPSA) is 64.4 Å². The first-order valence-electron chi connectivity index (χ1n) is 6.02. The van der Waals surface area contributed by atoms with Gasteiger partial charge in [0.15, 0.2) is 5.82 Å². The zero-order valence-electron chi connectivity index (χ0n) is 11.0. The fourth-order valence-electron chi connectivity index (χ4n) is 1.59. The van der Waals surface area contributed by atoms with Crippen molar-refractivity contribution >= 4 is 11.8 Å². The van der Waals surface area contributed by atoms with Crippen LogP contribution in [0.15, 0.2) is 17.2 Å². The highest BCUT2D eigenvalue weighted by Gasteiger charge is 2.16. The molecule has 0 aliphatic heterocycles. The maximum Gasteiger partial charge on any atom is 0.325 e. The lowest BCUT2D eigenvalue weighted by Crippen LogP contribution is -2.37. The van der Waals surface area contributed by atoms with Crippen molar-refractivity contribution in [2.24, 2.45) is 7.05 Å². The number of aryl methyl sites for hydroxylation is 1. The van der Waals surface area contributed by atoms with Gasteiger partial charge in [-0.05, 0) is 13.3 Å². The molecule has 0 aliphatic rings. The number of ether oxygens (including phenoxy) is 1. The summed E-state index contributed by atoms with van der Waals surface area (Å²) in [6.07, 6.45) is 3.95. The maximum absolute atomic E-state index is 11.9. The predicted molar refractivity (Wildman–Crippen MR) is 68.6 cm³/mol. The van der Waals surface area contributed by atoms with Crippen LogP contribution in [0, 0.1) is 0 Å². The first kappa shape index (κ1) is 14.2. The summed E-state index contributed by atoms with van der Waals surface area (Å²) in [5.74, 6) is -0.0615. The van der Waals surface area contributed by atoms with E-state index < -0.39 is 0 Å². The largest absolute Gasteiger partial charge is 0.465 e. The van der Waals surface area contributed by atoms with Crippen molar-refractivity contribution in [2.45, 2.75) is 20.3 Å². The fraction of sp³-hybridized carbons (Fsp3) is 0.583. The smallest absolute Gasteiger partial charge is 0.325 e. The normalized spacial score (nSPS) is 10.2. The van der Waals surface area contributed by atoms with Gasteiger partial charge in [0.2, 0.25) is 0 Å². The molecule has 0 saturated carbocycles. The third-order valence-corrected chi connectivity index (χ3v) is 2.42. The minimum atomic E-state index is -0.348. The van der Waals surface area contributed by atoms with Gasteiger partial charge in [0, 0.05) is 26.0 Å². The van der Waals surface area contributed by atoms with Gasteiger partial charge in [-0.3, -0.25) is 9.59 Å². The Balaban J connectivity index is 2.93. The molecule has 1 aromatic heterocycles. The van der Waals surface area contributed by atoms with E-state index in [9.17, 15) is 9.59 Å². The summed E-state index contributed by atoms with van der Waals surface area (Å²) in [4.78, 5) is 29.1. The Hall–Kier alpha value is -1.85. The van der Waals surface area contributed by atoms with Crippen LogP contribution >= 0.6 is 0 Å². The Morgan fingerprint density at radius 1 is 1.50 bits per heavy atom. The molecule has 1 heterocycles. The van der Waals surface area contributed by atoms with Gasteiger partial charge in [-0.25, -0.2) is 4.98 Å². The number of nitrogens with zero attached hydrogens (tertiary/aromatic N) is 3. The lowest BCUT2D eigenvalue weighted by molar-refractivity contribution is -0.141. The van der Waals surface area contributed by atoms with Crippen molar-refractivity contribution < 1.29 is 9.53 Å². The summed E-state index contributed by atoms with van der Waals surface area (Å²) in [5.41, 5.74) is -0.213. The van der Waals surface area contributed by atoms with Gasteiger partial charge in [-0.2, -0.15) is 0 Å². The van der Waals surface area contributed by atoms with Crippen LogP contribution in [0.5, 0.6) is 0 Å². The lowest BCUT2D eigenvalue weighted by Gasteiger charge is -2.21. The second-order valence-electron chi connectivity index (χ2n) is 3.89. The fourth-order valence-corrected chi connectivity index (χ4v) is 1.59. The molecule has 0 radical (unpaired) electrons. The second-order valence-corrected chi connectivity index (χ2v) is 3.89. The van der Waals surface area contributed by atoms with E-state index in [0.29, 0.717) is 13.2 Å². The second kappa shape index (κ2) is 6.78. The number of carbonyl (C=O) groups excluding carboxylic acids is 1. The first-order chi connectivity index (χ1) is 8.60. The lowest BCUT2D eigenvalue weighted by atomic mass is 10.4. The molecule has 18 heavy (non-hydrogen) atoms. The van der Waals surface area contributed by atoms with Gasteiger partial charge in [0.05, 0.1) is 6.61 Å². The van der Waals surface area contributed by atoms with Crippen molar-refractivity contribution in [3.63, 3.8) is 0 Å². The molecule has 6 heteroatoms. The van der Waals surface area contributed by atoms with Gasteiger partial charge < -0.3 is 14.2 Å². The van der Waals surface area contributed by atoms with Gasteiger partial charge in [0.1, 0.15) is 6.54 Å². The number of esters is 1. The van der Waals surface area contributed by atoms with E-state index in [0.717, 1.165) is 6.42 Å². The average Bonchev–Trinajstić information content (AvgIpc) is 2.32. The molecule has 0 spiro atoms. The molecule has 1 aromatic rings. The zero-order chi connectivity index (χ0) is 13.5. The van der Waals surface area contributed by atoms with E-state index >= 15 is 0 Å². The summed E-state index contributed by atoms with van der Waals surface area (Å²) >= 11 is 0. The van der Waals surface area contributed by atoms with Crippen LogP contribution in [0.2, 0.25) is 0 Å². The van der Waals surface area contributed by atoms with Crippen LogP contribution in [0.4, 0.5) is 5.82 Å². The van der Waals surface area contributed by atoms with Gasteiger partial charge in [-0.1, -0.05) is 6.92 Å². The molecule has 1 rings (SSSR count). The number of rotatable bonds is 6. The van der Waals surface area contributed by atoms with E-state index in [1.54, 1.807) is 31.3 Å². The molecular weight excluding hydrogens is 234 g/mol. The van der Waals surface area contributed by atoms with Gasteiger partial charge in [-0.15, -0.1) is 0 Å². The first-order valence-corrected chi connectivity index (χ1v) is 6.02. The van der Waals surface area contributed by atoms with Crippen molar-refractivity contribution in [1.82, 2.24) is 9.55 Å². The van der Waals surface area contributed by atoms with Gasteiger partial charge in [0.25, 0.3) is 5.56 Å². The van der Waals surface area contributed by atoms with Crippen LogP contribution in [0.1, 0.15) is 20.3 Å². The Bertz CT molecular complexity index is 456. The molecule has 0 atom stereocenters. The minimum Gasteiger partial charge on any atom is -0.465 e. The van der Waals surface area contributed by atoms with Crippen LogP contribution in [0.25, 0.3) is 0 Å². The number of hydrogen-bond donors (Lipinski definition) is 0. The number of anilines is 1. The predicted octanol–water partition coefficient (Wildman–Crippen LogP) is 0.560. The summed E-state index contributed by atoms with van der Waals surface area (Å²) in [6.45, 7) is 4.70. The highest BCUT2D eigenvalue weighted by atomic mass is 16.5. The van der Waals surface area contributed by atoms with Gasteiger partial charge >= 0.3 is 5.97 Å². The van der Waals surface area contributed by atoms with E-state index in [2.05, 4.69) is 4.98 Å². The summed E-state index contributed by atoms with van der Waals surface area (Å²) in [5, 5.41) is 0. The summed E-state index contributed by atoms with van der Waals surface area (Å²) < 4.78 is 6.33. The van der Waals surface area contributed by atoms with Crippen LogP contribution in [0.3, 0.4) is 0 Å². The molecule has 100 valence electrons. The third kappa shape index (κ3) is 3.58. The highest BCUT2D eigenvalue weighted by molar-refractivity contribution is 5.75. The SMILES string of the molecule is CCCN(CC(=O)OCC)c1nccn(C)c1=O. The Kier molecular flexibility index (Phi) is 5.35. The monoisotopic (exact) mass is 253 g/mol. The average molecular weight is 253 g/mol. The molecule has 0 amide bonds. The van der Waals surface area contributed by atoms with Crippen molar-refractivity contribution in [3.05, 3.63) is 22.7 Å². The molecule has 0 N–H and O–H groups in total. The van der Waals surface area contributed by atoms with Crippen molar-refractivity contribution in [1.29, 1.82) is 0 Å². The molecule has 0 fully saturated rings. The third-order valence-electron chi connectivity index (χ3n) is 2.42. The summed E-state index contributed by atoms with van der Waals surface area (Å²) in [7, 11) is 1.65. The standard InChI is InChI=1S/C12H19N3O3/c1-4-7-15(9-10(16)18-5-2)11-12(17)14(3)8-6-13-11/h6,8H,4-5,7,9H2,1-3H3. The van der Waals surface area contributed by atoms with Crippen LogP contribution in [-0.4, -0.2) is 35.2 Å². The Morgan fingerprint density at radius 2 is 2.22 bits per heavy atom. The Morgan fingerprint density at radius 3 is 2.83 bits per heavy atom. The van der Waals surface area contributed by atoms with E-state index in [1.807, 2.05) is 6.92 Å². The quantitative estimate of drug-likeness (QED) is 0.693. The van der Waals surface area contributed by atoms with E-state index in [4.69, 9.17) is 4.74 Å². The maximum atomic E-state index is 11.9. The summed E-state index contributed by atoms with van der Waals surface area (Å²) in [6, 6.07) is 0.